The van der Waals surface area contributed by atoms with Crippen molar-refractivity contribution in [1.82, 2.24) is 10.4 Å². The minimum atomic E-state index is -0.445. The van der Waals surface area contributed by atoms with Crippen molar-refractivity contribution in [2.24, 2.45) is 10.7 Å². The first kappa shape index (κ1) is 7.60. The molecular weight excluding hydrogens is 168 g/mol. The fourth-order valence-electron chi connectivity index (χ4n) is 1.08. The van der Waals surface area contributed by atoms with Gasteiger partial charge in [0, 0.05) is 6.20 Å². The van der Waals surface area contributed by atoms with Gasteiger partial charge in [0.05, 0.1) is 17.5 Å². The van der Waals surface area contributed by atoms with Crippen LogP contribution in [0.15, 0.2) is 40.8 Å². The summed E-state index contributed by atoms with van der Waals surface area (Å²) in [6.07, 6.45) is 8.26. The summed E-state index contributed by atoms with van der Waals surface area (Å²) in [4.78, 5) is 14.7. The number of amides is 1. The van der Waals surface area contributed by atoms with Crippen LogP contribution >= 0.6 is 0 Å². The number of nitrogens with two attached hydrogens (primary N) is 1. The first-order chi connectivity index (χ1) is 6.27. The van der Waals surface area contributed by atoms with Gasteiger partial charge in [0.1, 0.15) is 6.34 Å². The number of hydrogen-bond donors (Lipinski definition) is 2. The second-order valence-corrected chi connectivity index (χ2v) is 2.61. The molecule has 3 N–H and O–H groups in total. The number of nitrogens with one attached hydrogen (secondary N) is 1. The number of fused-ring (bicyclic) bond motifs is 1. The number of allylic oxidation sites excluding steroid dienone is 1. The summed E-state index contributed by atoms with van der Waals surface area (Å²) in [5.74, 6) is -0.445. The van der Waals surface area contributed by atoms with Gasteiger partial charge in [-0.15, -0.1) is 0 Å². The molecule has 0 aromatic carbocycles. The molecule has 13 heavy (non-hydrogen) atoms. The van der Waals surface area contributed by atoms with E-state index < -0.39 is 5.91 Å². The number of nitrogens with zero attached hydrogens (tertiary/aromatic N) is 2. The lowest BCUT2D eigenvalue weighted by atomic mass is 10.2. The van der Waals surface area contributed by atoms with Crippen LogP contribution in [0.3, 0.4) is 0 Å². The Morgan fingerprint density at radius 2 is 2.46 bits per heavy atom. The van der Waals surface area contributed by atoms with E-state index >= 15 is 0 Å². The van der Waals surface area contributed by atoms with Gasteiger partial charge in [-0.1, -0.05) is 0 Å². The van der Waals surface area contributed by atoms with E-state index in [0.717, 1.165) is 5.70 Å². The van der Waals surface area contributed by atoms with Crippen LogP contribution in [-0.4, -0.2) is 17.3 Å². The number of carbonyl (C=O) groups excluding carboxylic acids is 1. The molecule has 0 radical (unpaired) electrons. The molecule has 0 aromatic rings. The van der Waals surface area contributed by atoms with Gasteiger partial charge in [0.15, 0.2) is 0 Å². The molecule has 0 saturated heterocycles. The van der Waals surface area contributed by atoms with E-state index in [1.54, 1.807) is 29.6 Å². The molecular formula is C8H9N4O+. The van der Waals surface area contributed by atoms with Crippen molar-refractivity contribution in [1.29, 1.82) is 0 Å². The maximum absolute atomic E-state index is 10.8. The summed E-state index contributed by atoms with van der Waals surface area (Å²) >= 11 is 0. The van der Waals surface area contributed by atoms with E-state index in [9.17, 15) is 4.79 Å². The van der Waals surface area contributed by atoms with Crippen LogP contribution in [0.5, 0.6) is 0 Å². The average Bonchev–Trinajstić information content (AvgIpc) is 2.17. The van der Waals surface area contributed by atoms with E-state index in [1.807, 2.05) is 0 Å². The minimum absolute atomic E-state index is 0. The maximum atomic E-state index is 10.8. The quantitative estimate of drug-likeness (QED) is 0.579. The average molecular weight is 177 g/mol. The predicted molar refractivity (Wildman–Crippen MR) is 49.1 cm³/mol. The van der Waals surface area contributed by atoms with Crippen LogP contribution in [-0.2, 0) is 4.79 Å². The molecule has 66 valence electrons. The fraction of sp³-hybridized carbons (Fsp3) is 0. The van der Waals surface area contributed by atoms with Crippen molar-refractivity contribution in [3.8, 4) is 0 Å². The number of primary amides is 1. The topological polar surface area (TPSA) is 70.7 Å². The molecule has 0 spiro atoms. The summed E-state index contributed by atoms with van der Waals surface area (Å²) in [5, 5.41) is 1.67. The molecule has 5 nitrogen and oxygen atoms in total. The van der Waals surface area contributed by atoms with Gasteiger partial charge in [-0.2, -0.15) is 0 Å². The first-order valence-electron chi connectivity index (χ1n) is 3.74. The monoisotopic (exact) mass is 177 g/mol. The van der Waals surface area contributed by atoms with Crippen molar-refractivity contribution >= 4 is 12.2 Å². The van der Waals surface area contributed by atoms with Crippen LogP contribution in [0, 0.1) is 0 Å². The van der Waals surface area contributed by atoms with E-state index in [-0.39, 0.29) is 1.43 Å². The lowest BCUT2D eigenvalue weighted by Gasteiger charge is -2.25. The fourth-order valence-corrected chi connectivity index (χ4v) is 1.08. The highest BCUT2D eigenvalue weighted by atomic mass is 16.1. The zero-order valence-corrected chi connectivity index (χ0v) is 6.77. The molecule has 0 saturated carbocycles. The molecule has 0 unspecified atom stereocenters. The molecule has 0 aromatic heterocycles. The van der Waals surface area contributed by atoms with Crippen LogP contribution in [0.4, 0.5) is 0 Å². The number of hydrazine groups is 1. The Hall–Kier alpha value is -2.04. The van der Waals surface area contributed by atoms with Crippen LogP contribution in [0.2, 0.25) is 0 Å². The molecule has 0 bridgehead atoms. The van der Waals surface area contributed by atoms with Crippen molar-refractivity contribution in [2.45, 2.75) is 0 Å². The summed E-state index contributed by atoms with van der Waals surface area (Å²) in [5.41, 5.74) is 9.29. The normalized spacial score (nSPS) is 18.6. The lowest BCUT2D eigenvalue weighted by Crippen LogP contribution is -2.35. The van der Waals surface area contributed by atoms with Crippen molar-refractivity contribution in [2.75, 3.05) is 0 Å². The van der Waals surface area contributed by atoms with E-state index in [0.29, 0.717) is 5.57 Å². The Bertz CT molecular complexity index is 370. The molecule has 1 amide bonds. The number of rotatable bonds is 1. The molecule has 5 heteroatoms. The van der Waals surface area contributed by atoms with E-state index in [2.05, 4.69) is 10.4 Å². The van der Waals surface area contributed by atoms with Crippen molar-refractivity contribution in [3.63, 3.8) is 0 Å². The van der Waals surface area contributed by atoms with Gasteiger partial charge in [0.25, 0.3) is 0 Å². The predicted octanol–water partition coefficient (Wildman–Crippen LogP) is -0.272. The highest BCUT2D eigenvalue weighted by Gasteiger charge is 2.13. The highest BCUT2D eigenvalue weighted by Crippen LogP contribution is 2.15. The summed E-state index contributed by atoms with van der Waals surface area (Å²) < 4.78 is 0. The zero-order chi connectivity index (χ0) is 9.26. The number of aliphatic imine (C=N–C) groups is 1. The molecule has 2 rings (SSSR count). The summed E-state index contributed by atoms with van der Waals surface area (Å²) in [6, 6.07) is 0. The van der Waals surface area contributed by atoms with Gasteiger partial charge in [0.2, 0.25) is 5.91 Å². The largest absolute Gasteiger partial charge is 1.00 e. The second-order valence-electron chi connectivity index (χ2n) is 2.61. The van der Waals surface area contributed by atoms with Crippen LogP contribution in [0.1, 0.15) is 1.43 Å². The number of carbonyl (C=O) groups is 1. The summed E-state index contributed by atoms with van der Waals surface area (Å²) in [7, 11) is 0. The number of hydrogen-bond acceptors (Lipinski definition) is 4. The Morgan fingerprint density at radius 3 is 3.23 bits per heavy atom. The molecule has 0 fully saturated rings. The molecule has 0 atom stereocenters. The first-order valence-corrected chi connectivity index (χ1v) is 3.74. The maximum Gasteiger partial charge on any atom is 1.00 e. The van der Waals surface area contributed by atoms with Gasteiger partial charge in [-0.05, 0) is 12.2 Å². The van der Waals surface area contributed by atoms with E-state index in [1.165, 1.54) is 6.34 Å². The van der Waals surface area contributed by atoms with Gasteiger partial charge in [-0.25, -0.2) is 4.99 Å². The summed E-state index contributed by atoms with van der Waals surface area (Å²) in [6.45, 7) is 0. The lowest BCUT2D eigenvalue weighted by molar-refractivity contribution is -0.114. The van der Waals surface area contributed by atoms with Crippen LogP contribution in [0.25, 0.3) is 0 Å². The van der Waals surface area contributed by atoms with Crippen LogP contribution < -0.4 is 11.2 Å². The molecule has 2 aliphatic heterocycles. The molecule has 0 aliphatic carbocycles. The smallest absolute Gasteiger partial charge is 0.366 e. The van der Waals surface area contributed by atoms with Crippen molar-refractivity contribution in [3.05, 3.63) is 35.8 Å². The molecule has 2 aliphatic rings. The standard InChI is InChI=1S/C8H8N4O/c9-8(13)6-1-2-7-3-10-5-11-12(7)4-6/h1-5H,(H2,9,13)(H,10,11)/p+1. The van der Waals surface area contributed by atoms with Gasteiger partial charge < -0.3 is 5.73 Å². The Balaban J connectivity index is 0.000000980. The minimum Gasteiger partial charge on any atom is -0.366 e. The Morgan fingerprint density at radius 1 is 1.62 bits per heavy atom. The Kier molecular flexibility index (Phi) is 1.63. The second kappa shape index (κ2) is 2.78. The van der Waals surface area contributed by atoms with Gasteiger partial charge in [-0.3, -0.25) is 15.2 Å². The highest BCUT2D eigenvalue weighted by molar-refractivity contribution is 5.95. The van der Waals surface area contributed by atoms with E-state index in [4.69, 9.17) is 5.73 Å². The third-order valence-corrected chi connectivity index (χ3v) is 1.74. The Labute approximate surface area is 76.4 Å². The SMILES string of the molecule is NC(=O)C1=CN2NC=NC=C2C=C1.[H+]. The zero-order valence-electron chi connectivity index (χ0n) is 7.77. The molecule has 2 heterocycles. The third kappa shape index (κ3) is 1.31. The van der Waals surface area contributed by atoms with Crippen molar-refractivity contribution < 1.29 is 6.22 Å². The van der Waals surface area contributed by atoms with Gasteiger partial charge >= 0.3 is 1.43 Å². The third-order valence-electron chi connectivity index (χ3n) is 1.74.